The third kappa shape index (κ3) is 3.97. The molecular formula is C118H24. The molecule has 0 radical (unpaired) electrons. The molecule has 0 heteroatoms. The SMILES string of the molecule is C1#Cc2ccc(cc2)C#Cc2ccc(cc2)C#Cc2ccc(cc2)C#Cc2ccc(cc2)C#Cc2ccc(cc2)C#Cc2ccc1cc2.c12c3c4c5c1c1c6c7c2c2c8c3c3c9c4c4c%10c5c5c1c1c6c6c%11c%12c%13c%14c%15c%16c%17c%14c%14c%18c%13c%11c1c1c5c%10c5c(c%14c%10c%17c%11c%13c%16c%14c%16c%15c%12c%12c%16c(c2c7c%126)c2c8c3c(c%13c%142)c2c9c4c5c%10c%112)c%181. The second-order valence-corrected chi connectivity index (χ2v) is 37.2. The van der Waals surface area contributed by atoms with Crippen molar-refractivity contribution < 1.29 is 0 Å². The second-order valence-electron chi connectivity index (χ2n) is 37.2. The minimum absolute atomic E-state index is 0.934. The Morgan fingerprint density at radius 3 is 0.127 bits per heavy atom. The zero-order valence-corrected chi connectivity index (χ0v) is 60.9. The van der Waals surface area contributed by atoms with Gasteiger partial charge < -0.3 is 0 Å². The average Bonchev–Trinajstić information content (AvgIpc) is 1.38. The van der Waals surface area contributed by atoms with E-state index in [0.29, 0.717) is 0 Å². The van der Waals surface area contributed by atoms with Crippen LogP contribution < -0.4 is 0 Å². The van der Waals surface area contributed by atoms with Gasteiger partial charge in [-0.05, 0) is 146 Å². The summed E-state index contributed by atoms with van der Waals surface area (Å²) in [5.41, 5.74) is 11.2. The van der Waals surface area contributed by atoms with Gasteiger partial charge in [0.2, 0.25) is 0 Å². The third-order valence-corrected chi connectivity index (χ3v) is 33.7. The first-order chi connectivity index (χ1) is 58.7. The van der Waals surface area contributed by atoms with Crippen LogP contribution in [-0.4, -0.2) is 0 Å². The van der Waals surface area contributed by atoms with E-state index in [2.05, 4.69) is 71.0 Å². The molecule has 0 saturated heterocycles. The summed E-state index contributed by atoms with van der Waals surface area (Å²) in [4.78, 5) is 0. The van der Waals surface area contributed by atoms with Gasteiger partial charge in [-0.1, -0.05) is 71.0 Å². The van der Waals surface area contributed by atoms with E-state index in [-0.39, 0.29) is 0 Å². The Kier molecular flexibility index (Phi) is 6.06. The van der Waals surface area contributed by atoms with Crippen LogP contribution in [0.2, 0.25) is 0 Å². The lowest BCUT2D eigenvalue weighted by Crippen LogP contribution is -1.93. The standard InChI is InChI=1S/C70.C48H24/c1-2-22-5-6-24-13-14-26-11-9-23-4-3(21(1)51-52(22)54(24)55(26)53(23)51)33-31(1)61-35-7-8-27-15-16-29-19-20-30-18-17-28-12-10(25(7)56-57(27)59(29)60(30)58(28)56)37(35)63(33)65-36(4)40(9)67(44(17)42(12)65)69-46(11)47(14)70(50(20)49(18)69)68-43(13)39(6)66(45(16)48(19)68)64-34(5)32(2)62(61)38(8)41(15)64;1-2-38-4-3-37(1)25-26-39-5-7-41(8-6-39)29-30-43-13-15-45(16-14-43)33-34-47-21-23-48(24-22-47)36-35-46-19-17-44(18-20-46)32-31-42-11-9-40(10-12-42)28-27-38/h;1-24H. The molecule has 10 aliphatic rings. The molecule has 0 unspecified atom stereocenters. The van der Waals surface area contributed by atoms with Gasteiger partial charge in [0.1, 0.15) is 0 Å². The molecule has 0 aromatic heterocycles. The maximum absolute atomic E-state index is 3.24. The van der Waals surface area contributed by atoms with Gasteiger partial charge in [-0.2, -0.15) is 0 Å². The van der Waals surface area contributed by atoms with E-state index in [1.165, 1.54) is 0 Å². The van der Waals surface area contributed by atoms with Crippen molar-refractivity contribution in [1.82, 2.24) is 0 Å². The summed E-state index contributed by atoms with van der Waals surface area (Å²) in [6.45, 7) is 0. The summed E-state index contributed by atoms with van der Waals surface area (Å²) in [6, 6.07) is 47.9. The number of benzene rings is 31. The lowest BCUT2D eigenvalue weighted by molar-refractivity contribution is 1.56. The van der Waals surface area contributed by atoms with Crippen molar-refractivity contribution in [2.45, 2.75) is 0 Å². The van der Waals surface area contributed by atoms with E-state index in [9.17, 15) is 0 Å². The largest absolute Gasteiger partial charge is 0.0617 e. The Hall–Kier alpha value is -16.4. The van der Waals surface area contributed by atoms with Gasteiger partial charge in [-0.3, -0.25) is 0 Å². The fourth-order valence-corrected chi connectivity index (χ4v) is 30.9. The molecule has 10 aliphatic carbocycles. The quantitative estimate of drug-likeness (QED) is 0.0806. The Morgan fingerprint density at radius 1 is 0.0593 bits per heavy atom. The topological polar surface area (TPSA) is 0 Å². The van der Waals surface area contributed by atoms with Crippen molar-refractivity contribution in [1.29, 1.82) is 0 Å². The summed E-state index contributed by atoms with van der Waals surface area (Å²) < 4.78 is 0. The van der Waals surface area contributed by atoms with Crippen LogP contribution in [0.15, 0.2) is 146 Å². The van der Waals surface area contributed by atoms with E-state index in [4.69, 9.17) is 0 Å². The highest BCUT2D eigenvalue weighted by atomic mass is 14.5. The maximum atomic E-state index is 3.24. The fourth-order valence-electron chi connectivity index (χ4n) is 30.9. The lowest BCUT2D eigenvalue weighted by atomic mass is 9.78. The smallest absolute Gasteiger partial charge is 0.0249 e. The van der Waals surface area contributed by atoms with E-state index < -0.39 is 0 Å². The van der Waals surface area contributed by atoms with E-state index in [0.717, 1.165) is 66.8 Å². The molecule has 0 aliphatic heterocycles. The predicted octanol–water partition coefficient (Wildman–Crippen LogP) is 29.1. The molecule has 0 atom stereocenters. The first-order valence-corrected chi connectivity index (χ1v) is 41.7. The van der Waals surface area contributed by atoms with Gasteiger partial charge in [0.25, 0.3) is 0 Å². The van der Waals surface area contributed by atoms with Gasteiger partial charge in [0, 0.05) is 444 Å². The molecule has 12 bridgehead atoms. The van der Waals surface area contributed by atoms with Gasteiger partial charge >= 0.3 is 0 Å². The molecular weight excluding hydrogens is 1420 g/mol. The van der Waals surface area contributed by atoms with Crippen LogP contribution in [0.3, 0.4) is 0 Å². The highest BCUT2D eigenvalue weighted by molar-refractivity contribution is 6.86. The van der Waals surface area contributed by atoms with Crippen LogP contribution in [0.4, 0.5) is 0 Å². The third-order valence-electron chi connectivity index (χ3n) is 33.7. The molecule has 0 amide bonds. The van der Waals surface area contributed by atoms with Crippen molar-refractivity contribution in [3.05, 3.63) is 212 Å². The summed E-state index contributed by atoms with van der Waals surface area (Å²) in [7, 11) is 0. The maximum Gasteiger partial charge on any atom is 0.0249 e. The van der Waals surface area contributed by atoms with Crippen LogP contribution in [0.1, 0.15) is 66.8 Å². The predicted molar refractivity (Wildman–Crippen MR) is 499 cm³/mol. The highest BCUT2D eigenvalue weighted by Gasteiger charge is 2.52. The van der Waals surface area contributed by atoms with Gasteiger partial charge in [0.15, 0.2) is 0 Å². The Morgan fingerprint density at radius 2 is 0.0932 bits per heavy atom. The summed E-state index contributed by atoms with van der Waals surface area (Å²) in [5.74, 6) is 38.9. The Bertz CT molecular complexity index is 9600. The number of hydrogen-bond donors (Lipinski definition) is 0. The van der Waals surface area contributed by atoms with E-state index in [1.54, 1.807) is 377 Å². The summed E-state index contributed by atoms with van der Waals surface area (Å²) in [5, 5.41) is 117. The first-order valence-electron chi connectivity index (χ1n) is 41.7. The van der Waals surface area contributed by atoms with Crippen molar-refractivity contribution in [3.8, 4) is 71.0 Å². The average molecular weight is 1440 g/mol. The summed E-state index contributed by atoms with van der Waals surface area (Å²) in [6.07, 6.45) is 0. The van der Waals surface area contributed by atoms with Gasteiger partial charge in [-0.25, -0.2) is 0 Å². The molecule has 43 aromatic rings. The molecule has 0 heterocycles. The lowest BCUT2D eigenvalue weighted by Gasteiger charge is -2.23. The number of rotatable bonds is 0. The van der Waals surface area contributed by atoms with Crippen molar-refractivity contribution in [2.24, 2.45) is 0 Å². The van der Waals surface area contributed by atoms with E-state index in [1.807, 2.05) is 146 Å². The fraction of sp³-hybridized carbons (Fsp3) is 0. The molecule has 0 nitrogen and oxygen atoms in total. The molecule has 43 aromatic carbocycles. The number of hydrogen-bond acceptors (Lipinski definition) is 0. The molecule has 0 N–H and O–H groups in total. The zero-order chi connectivity index (χ0) is 72.8. The van der Waals surface area contributed by atoms with Gasteiger partial charge in [0.05, 0.1) is 0 Å². The van der Waals surface area contributed by atoms with Crippen LogP contribution in [-0.2, 0) is 0 Å². The van der Waals surface area contributed by atoms with Crippen molar-refractivity contribution >= 4 is 377 Å². The normalized spacial score (nSPS) is 14.9. The summed E-state index contributed by atoms with van der Waals surface area (Å²) >= 11 is 0. The van der Waals surface area contributed by atoms with Crippen LogP contribution in [0.25, 0.3) is 377 Å². The van der Waals surface area contributed by atoms with E-state index >= 15 is 0 Å². The Balaban J connectivity index is 0.000000109. The zero-order valence-electron chi connectivity index (χ0n) is 60.9. The van der Waals surface area contributed by atoms with Crippen LogP contribution in [0.5, 0.6) is 0 Å². The second kappa shape index (κ2) is 14.1. The van der Waals surface area contributed by atoms with Crippen molar-refractivity contribution in [3.63, 3.8) is 0 Å². The van der Waals surface area contributed by atoms with Crippen LogP contribution >= 0.6 is 0 Å². The monoisotopic (exact) mass is 1440 g/mol. The molecule has 0 fully saturated rings. The van der Waals surface area contributed by atoms with Gasteiger partial charge in [-0.15, -0.1) is 0 Å². The molecule has 0 spiro atoms. The first kappa shape index (κ1) is 50.5. The minimum Gasteiger partial charge on any atom is -0.0617 e. The van der Waals surface area contributed by atoms with Crippen LogP contribution in [0, 0.1) is 71.0 Å². The molecule has 118 heavy (non-hydrogen) atoms. The Labute approximate surface area is 655 Å². The highest BCUT2D eigenvalue weighted by Crippen LogP contribution is 2.82. The minimum atomic E-state index is 0.934. The molecule has 0 saturated carbocycles. The molecule has 53 rings (SSSR count). The van der Waals surface area contributed by atoms with Crippen molar-refractivity contribution in [2.75, 3.05) is 0 Å². The molecule has 496 valence electrons.